The maximum atomic E-state index is 13.7. The van der Waals surface area contributed by atoms with Crippen LogP contribution in [0.25, 0.3) is 0 Å². The monoisotopic (exact) mass is 728 g/mol. The number of carbonyl (C=O) groups is 2. The highest BCUT2D eigenvalue weighted by Crippen LogP contribution is 2.64. The summed E-state index contributed by atoms with van der Waals surface area (Å²) < 4.78 is 40.5. The Balaban J connectivity index is 1.41. The van der Waals surface area contributed by atoms with Crippen LogP contribution in [0.4, 0.5) is 0 Å². The summed E-state index contributed by atoms with van der Waals surface area (Å²) in [6.07, 6.45) is 8.45. The van der Waals surface area contributed by atoms with Crippen molar-refractivity contribution in [2.24, 2.45) is 40.9 Å². The van der Waals surface area contributed by atoms with Crippen molar-refractivity contribution in [2.45, 2.75) is 115 Å². The van der Waals surface area contributed by atoms with E-state index in [4.69, 9.17) is 9.47 Å². The molecule has 0 radical (unpaired) electrons. The molecule has 0 aromatic heterocycles. The van der Waals surface area contributed by atoms with Gasteiger partial charge in [0, 0.05) is 23.2 Å². The first kappa shape index (κ1) is 36.1. The molecule has 6 nitrogen and oxygen atoms in total. The average Bonchev–Trinajstić information content (AvgIpc) is 3.31. The predicted molar refractivity (Wildman–Crippen MR) is 189 cm³/mol. The lowest BCUT2D eigenvalue weighted by atomic mass is 9.53. The first-order valence-corrected chi connectivity index (χ1v) is 20.1. The van der Waals surface area contributed by atoms with Crippen molar-refractivity contribution in [1.29, 1.82) is 0 Å². The Morgan fingerprint density at radius 3 is 2.34 bits per heavy atom. The Hall–Kier alpha value is -2.19. The van der Waals surface area contributed by atoms with E-state index in [1.54, 1.807) is 54.6 Å². The molecule has 3 fully saturated rings. The van der Waals surface area contributed by atoms with Gasteiger partial charge in [0.1, 0.15) is 11.7 Å². The lowest BCUT2D eigenvalue weighted by molar-refractivity contribution is -0.170. The summed E-state index contributed by atoms with van der Waals surface area (Å²) in [5.41, 5.74) is -0.405. The summed E-state index contributed by atoms with van der Waals surface area (Å²) in [6.45, 7) is 11.5. The number of esters is 2. The number of rotatable bonds is 12. The van der Waals surface area contributed by atoms with E-state index in [9.17, 15) is 18.0 Å². The number of carbonyl (C=O) groups excluding carboxylic acids is 2. The molecule has 2 aliphatic carbocycles. The van der Waals surface area contributed by atoms with Crippen LogP contribution in [0.2, 0.25) is 0 Å². The number of benzene rings is 2. The van der Waals surface area contributed by atoms with Crippen molar-refractivity contribution in [3.05, 3.63) is 64.6 Å². The van der Waals surface area contributed by atoms with Gasteiger partial charge in [-0.05, 0) is 110 Å². The van der Waals surface area contributed by atoms with Crippen LogP contribution in [0.5, 0.6) is 0 Å². The number of halogens is 1. The maximum Gasteiger partial charge on any atom is 0.338 e. The van der Waals surface area contributed by atoms with E-state index in [1.807, 2.05) is 6.92 Å². The molecule has 0 spiro atoms. The molecule has 1 aliphatic heterocycles. The average molecular weight is 730 g/mol. The van der Waals surface area contributed by atoms with Gasteiger partial charge in [0.2, 0.25) is 0 Å². The lowest BCUT2D eigenvalue weighted by Gasteiger charge is -2.53. The molecule has 2 saturated carbocycles. The smallest absolute Gasteiger partial charge is 0.338 e. The topological polar surface area (TPSA) is 86.7 Å². The van der Waals surface area contributed by atoms with Crippen molar-refractivity contribution < 1.29 is 27.5 Å². The molecule has 5 rings (SSSR count). The van der Waals surface area contributed by atoms with Crippen molar-refractivity contribution >= 4 is 37.7 Å². The molecular weight excluding hydrogens is 676 g/mol. The van der Waals surface area contributed by atoms with Crippen molar-refractivity contribution in [1.82, 2.24) is 0 Å². The zero-order valence-corrected chi connectivity index (χ0v) is 31.2. The Morgan fingerprint density at radius 1 is 0.957 bits per heavy atom. The van der Waals surface area contributed by atoms with Crippen LogP contribution in [-0.2, 0) is 24.1 Å². The highest BCUT2D eigenvalue weighted by atomic mass is 79.9. The van der Waals surface area contributed by atoms with Crippen molar-refractivity contribution in [2.75, 3.05) is 5.75 Å². The van der Waals surface area contributed by atoms with Crippen molar-refractivity contribution in [3.63, 3.8) is 0 Å². The van der Waals surface area contributed by atoms with E-state index in [0.29, 0.717) is 35.7 Å². The van der Waals surface area contributed by atoms with Gasteiger partial charge in [-0.2, -0.15) is 0 Å². The molecule has 0 bridgehead atoms. The predicted octanol–water partition coefficient (Wildman–Crippen LogP) is 9.46. The van der Waals surface area contributed by atoms with Crippen LogP contribution in [-0.4, -0.2) is 37.8 Å². The highest BCUT2D eigenvalue weighted by molar-refractivity contribution is 9.10. The Kier molecular flexibility index (Phi) is 11.3. The number of cyclic esters (lactones) is 1. The number of fused-ring (bicyclic) bond motifs is 3. The molecule has 0 amide bonds. The van der Waals surface area contributed by atoms with Gasteiger partial charge in [0.05, 0.1) is 16.2 Å². The van der Waals surface area contributed by atoms with Gasteiger partial charge in [-0.25, -0.2) is 13.2 Å². The van der Waals surface area contributed by atoms with E-state index in [-0.39, 0.29) is 34.4 Å². The van der Waals surface area contributed by atoms with Gasteiger partial charge in [0.15, 0.2) is 9.84 Å². The zero-order valence-electron chi connectivity index (χ0n) is 28.8. The second-order valence-corrected chi connectivity index (χ2v) is 18.5. The third-order valence-corrected chi connectivity index (χ3v) is 14.3. The first-order valence-electron chi connectivity index (χ1n) is 17.7. The summed E-state index contributed by atoms with van der Waals surface area (Å²) in [5.74, 6) is 1.69. The summed E-state index contributed by atoms with van der Waals surface area (Å²) in [5, 5.41) is 0. The largest absolute Gasteiger partial charge is 0.459 e. The van der Waals surface area contributed by atoms with E-state index in [2.05, 4.69) is 43.6 Å². The SMILES string of the molecule is CC(C)CCC[C@@H](C)[C@H]1CC[C@H]2[C@@H]3CCC(=O)O[C@](C)(C[C@@H](CS(=O)(=O)c4ccccc4)OC(=O)c4ccc(Br)cc4)[C@H]3CC[C@]12C. The molecule has 47 heavy (non-hydrogen) atoms. The van der Waals surface area contributed by atoms with Gasteiger partial charge in [-0.3, -0.25) is 4.79 Å². The van der Waals surface area contributed by atoms with Gasteiger partial charge in [-0.15, -0.1) is 0 Å². The van der Waals surface area contributed by atoms with Crippen LogP contribution < -0.4 is 0 Å². The summed E-state index contributed by atoms with van der Waals surface area (Å²) >= 11 is 3.40. The van der Waals surface area contributed by atoms with Crippen LogP contribution >= 0.6 is 15.9 Å². The van der Waals surface area contributed by atoms with Gasteiger partial charge < -0.3 is 9.47 Å². The van der Waals surface area contributed by atoms with E-state index in [1.165, 1.54) is 25.7 Å². The molecule has 8 heteroatoms. The van der Waals surface area contributed by atoms with Gasteiger partial charge in [0.25, 0.3) is 0 Å². The number of hydrogen-bond acceptors (Lipinski definition) is 6. The quantitative estimate of drug-likeness (QED) is 0.203. The Labute approximate surface area is 290 Å². The minimum Gasteiger partial charge on any atom is -0.459 e. The van der Waals surface area contributed by atoms with E-state index >= 15 is 0 Å². The van der Waals surface area contributed by atoms with Crippen LogP contribution in [0, 0.1) is 40.9 Å². The molecule has 0 N–H and O–H groups in total. The fraction of sp³-hybridized carbons (Fsp3) is 0.641. The van der Waals surface area contributed by atoms with E-state index in [0.717, 1.165) is 36.1 Å². The summed E-state index contributed by atoms with van der Waals surface area (Å²) in [4.78, 5) is 26.9. The van der Waals surface area contributed by atoms with Crippen LogP contribution in [0.1, 0.15) is 109 Å². The fourth-order valence-corrected chi connectivity index (χ4v) is 11.4. The molecular formula is C39H53BrO6S. The maximum absolute atomic E-state index is 13.7. The fourth-order valence-electron chi connectivity index (χ4n) is 9.70. The number of sulfone groups is 1. The molecule has 0 unspecified atom stereocenters. The van der Waals surface area contributed by atoms with Crippen LogP contribution in [0.3, 0.4) is 0 Å². The molecule has 2 aromatic rings. The summed E-state index contributed by atoms with van der Waals surface area (Å²) in [7, 11) is -3.80. The van der Waals surface area contributed by atoms with Gasteiger partial charge in [-0.1, -0.05) is 81.1 Å². The molecule has 3 aliphatic rings. The third kappa shape index (κ3) is 8.17. The number of ether oxygens (including phenoxy) is 2. The minimum absolute atomic E-state index is 0.0651. The summed E-state index contributed by atoms with van der Waals surface area (Å²) in [6, 6.07) is 15.1. The molecule has 258 valence electrons. The third-order valence-electron chi connectivity index (χ3n) is 11.9. The lowest BCUT2D eigenvalue weighted by Crippen LogP contribution is -2.52. The standard InChI is InChI=1S/C39H53BrO6S/c1-26(2)10-9-11-27(3)33-19-20-34-32-18-21-36(41)46-39(5,35(32)22-23-38(33,34)4)24-30(25-47(43,44)31-12-7-6-8-13-31)45-37(42)28-14-16-29(40)17-15-28/h6-8,12-17,26-27,30,32-35H,9-11,18-25H2,1-5H3/t27-,30+,32+,33-,34+,35+,38-,39-/m1/s1. The zero-order chi connectivity index (χ0) is 34.0. The van der Waals surface area contributed by atoms with E-state index < -0.39 is 27.5 Å². The molecule has 1 heterocycles. The van der Waals surface area contributed by atoms with Gasteiger partial charge >= 0.3 is 11.9 Å². The van der Waals surface area contributed by atoms with Crippen LogP contribution in [0.15, 0.2) is 64.0 Å². The second kappa shape index (κ2) is 14.7. The second-order valence-electron chi connectivity index (χ2n) is 15.6. The Bertz CT molecular complexity index is 1490. The minimum atomic E-state index is -3.80. The first-order chi connectivity index (χ1) is 22.2. The highest BCUT2D eigenvalue weighted by Gasteiger charge is 2.59. The normalized spacial score (nSPS) is 30.5. The molecule has 1 saturated heterocycles. The molecule has 8 atom stereocenters. The van der Waals surface area contributed by atoms with Crippen molar-refractivity contribution in [3.8, 4) is 0 Å². The Morgan fingerprint density at radius 2 is 1.66 bits per heavy atom. The number of hydrogen-bond donors (Lipinski definition) is 0. The molecule has 2 aromatic carbocycles.